The molecule has 0 unspecified atom stereocenters. The summed E-state index contributed by atoms with van der Waals surface area (Å²) in [4.78, 5) is 14.2. The number of nitrogen functional groups attached to an aromatic ring is 1. The molecule has 1 rings (SSSR count). The first-order valence-corrected chi connectivity index (χ1v) is 3.92. The predicted molar refractivity (Wildman–Crippen MR) is 51.0 cm³/mol. The van der Waals surface area contributed by atoms with E-state index in [4.69, 9.17) is 11.5 Å². The van der Waals surface area contributed by atoms with Gasteiger partial charge in [0.15, 0.2) is 0 Å². The SMILES string of the molecule is NC(=O)CCNc1ccnc(N)c1. The van der Waals surface area contributed by atoms with Crippen LogP contribution in [0.15, 0.2) is 18.3 Å². The normalized spacial score (nSPS) is 9.54. The highest BCUT2D eigenvalue weighted by Gasteiger charge is 1.95. The van der Waals surface area contributed by atoms with Crippen molar-refractivity contribution in [2.75, 3.05) is 17.6 Å². The Morgan fingerprint density at radius 3 is 3.00 bits per heavy atom. The van der Waals surface area contributed by atoms with Crippen molar-refractivity contribution in [2.24, 2.45) is 5.73 Å². The standard InChI is InChI=1S/C8H12N4O/c9-7-5-6(1-3-12-7)11-4-2-8(10)13/h1,3,5H,2,4H2,(H2,10,13)(H3,9,11,12). The lowest BCUT2D eigenvalue weighted by Crippen LogP contribution is -2.15. The Kier molecular flexibility index (Phi) is 3.08. The molecule has 5 heteroatoms. The van der Waals surface area contributed by atoms with E-state index >= 15 is 0 Å². The number of hydrogen-bond donors (Lipinski definition) is 3. The number of hydrogen-bond acceptors (Lipinski definition) is 4. The van der Waals surface area contributed by atoms with Crippen LogP contribution >= 0.6 is 0 Å². The molecule has 0 aliphatic heterocycles. The molecule has 0 aliphatic carbocycles. The molecule has 1 heterocycles. The molecule has 1 aromatic heterocycles. The van der Waals surface area contributed by atoms with E-state index in [0.717, 1.165) is 5.69 Å². The molecule has 0 spiro atoms. The maximum atomic E-state index is 10.4. The van der Waals surface area contributed by atoms with Gasteiger partial charge in [-0.05, 0) is 6.07 Å². The molecule has 0 radical (unpaired) electrons. The van der Waals surface area contributed by atoms with Gasteiger partial charge in [-0.25, -0.2) is 4.98 Å². The summed E-state index contributed by atoms with van der Waals surface area (Å²) in [6, 6.07) is 3.47. The average molecular weight is 180 g/mol. The number of amides is 1. The molecule has 5 N–H and O–H groups in total. The van der Waals surface area contributed by atoms with Gasteiger partial charge >= 0.3 is 0 Å². The predicted octanol–water partition coefficient (Wildman–Crippen LogP) is -0.0489. The van der Waals surface area contributed by atoms with Crippen molar-refractivity contribution in [3.63, 3.8) is 0 Å². The van der Waals surface area contributed by atoms with Crippen LogP contribution in [0.1, 0.15) is 6.42 Å². The largest absolute Gasteiger partial charge is 0.384 e. The van der Waals surface area contributed by atoms with Gasteiger partial charge in [-0.15, -0.1) is 0 Å². The van der Waals surface area contributed by atoms with Gasteiger partial charge < -0.3 is 16.8 Å². The average Bonchev–Trinajstić information content (AvgIpc) is 2.03. The Morgan fingerprint density at radius 2 is 2.38 bits per heavy atom. The van der Waals surface area contributed by atoms with Gasteiger partial charge in [0.2, 0.25) is 5.91 Å². The minimum atomic E-state index is -0.325. The summed E-state index contributed by atoms with van der Waals surface area (Å²) in [6.45, 7) is 0.513. The fourth-order valence-corrected chi connectivity index (χ4v) is 0.888. The number of nitrogens with one attached hydrogen (secondary N) is 1. The van der Waals surface area contributed by atoms with E-state index in [1.165, 1.54) is 0 Å². The van der Waals surface area contributed by atoms with Crippen LogP contribution in [0.5, 0.6) is 0 Å². The number of pyridine rings is 1. The number of rotatable bonds is 4. The molecule has 5 nitrogen and oxygen atoms in total. The Morgan fingerprint density at radius 1 is 1.62 bits per heavy atom. The number of primary amides is 1. The van der Waals surface area contributed by atoms with Crippen molar-refractivity contribution in [1.82, 2.24) is 4.98 Å². The van der Waals surface area contributed by atoms with Crippen molar-refractivity contribution in [3.8, 4) is 0 Å². The third kappa shape index (κ3) is 3.42. The van der Waals surface area contributed by atoms with Gasteiger partial charge in [0.1, 0.15) is 5.82 Å². The zero-order valence-electron chi connectivity index (χ0n) is 7.16. The van der Waals surface area contributed by atoms with Crippen LogP contribution in [0, 0.1) is 0 Å². The molecule has 0 bridgehead atoms. The third-order valence-electron chi connectivity index (χ3n) is 1.48. The summed E-state index contributed by atoms with van der Waals surface area (Å²) in [5.74, 6) is 0.124. The Balaban J connectivity index is 2.41. The van der Waals surface area contributed by atoms with Crippen molar-refractivity contribution in [3.05, 3.63) is 18.3 Å². The number of nitrogens with zero attached hydrogens (tertiary/aromatic N) is 1. The number of aromatic nitrogens is 1. The molecule has 0 aromatic carbocycles. The van der Waals surface area contributed by atoms with E-state index in [9.17, 15) is 4.79 Å². The lowest BCUT2D eigenvalue weighted by Gasteiger charge is -2.04. The smallest absolute Gasteiger partial charge is 0.219 e. The van der Waals surface area contributed by atoms with E-state index in [-0.39, 0.29) is 5.91 Å². The monoisotopic (exact) mass is 180 g/mol. The quantitative estimate of drug-likeness (QED) is 0.605. The van der Waals surface area contributed by atoms with Crippen molar-refractivity contribution < 1.29 is 4.79 Å². The first-order chi connectivity index (χ1) is 6.18. The second-order valence-electron chi connectivity index (χ2n) is 2.61. The van der Waals surface area contributed by atoms with Gasteiger partial charge in [0, 0.05) is 30.9 Å². The summed E-state index contributed by atoms with van der Waals surface area (Å²) >= 11 is 0. The minimum Gasteiger partial charge on any atom is -0.384 e. The Bertz CT molecular complexity index is 300. The number of anilines is 2. The molecule has 0 aliphatic rings. The number of carbonyl (C=O) groups is 1. The van der Waals surface area contributed by atoms with Crippen LogP contribution in [-0.2, 0) is 4.79 Å². The fourth-order valence-electron chi connectivity index (χ4n) is 0.888. The first-order valence-electron chi connectivity index (χ1n) is 3.92. The summed E-state index contributed by atoms with van der Waals surface area (Å²) in [7, 11) is 0. The van der Waals surface area contributed by atoms with Crippen LogP contribution in [0.3, 0.4) is 0 Å². The molecular weight excluding hydrogens is 168 g/mol. The first kappa shape index (κ1) is 9.31. The van der Waals surface area contributed by atoms with Crippen LogP contribution in [0.25, 0.3) is 0 Å². The van der Waals surface area contributed by atoms with Crippen LogP contribution in [0.4, 0.5) is 11.5 Å². The van der Waals surface area contributed by atoms with E-state index < -0.39 is 0 Å². The lowest BCUT2D eigenvalue weighted by molar-refractivity contribution is -0.117. The van der Waals surface area contributed by atoms with Crippen molar-refractivity contribution >= 4 is 17.4 Å². The topological polar surface area (TPSA) is 94.0 Å². The molecule has 13 heavy (non-hydrogen) atoms. The summed E-state index contributed by atoms with van der Waals surface area (Å²) in [6.07, 6.45) is 1.91. The lowest BCUT2D eigenvalue weighted by atomic mass is 10.3. The summed E-state index contributed by atoms with van der Waals surface area (Å²) < 4.78 is 0. The van der Waals surface area contributed by atoms with E-state index in [1.807, 2.05) is 0 Å². The fraction of sp³-hybridized carbons (Fsp3) is 0.250. The molecule has 0 fully saturated rings. The second kappa shape index (κ2) is 4.30. The number of carbonyl (C=O) groups excluding carboxylic acids is 1. The highest BCUT2D eigenvalue weighted by atomic mass is 16.1. The maximum Gasteiger partial charge on any atom is 0.219 e. The molecule has 1 amide bonds. The van der Waals surface area contributed by atoms with Gasteiger partial charge in [-0.1, -0.05) is 0 Å². The highest BCUT2D eigenvalue weighted by Crippen LogP contribution is 2.08. The molecule has 1 aromatic rings. The van der Waals surface area contributed by atoms with E-state index in [2.05, 4.69) is 10.3 Å². The van der Waals surface area contributed by atoms with Crippen molar-refractivity contribution in [2.45, 2.75) is 6.42 Å². The van der Waals surface area contributed by atoms with Crippen LogP contribution in [0.2, 0.25) is 0 Å². The molecular formula is C8H12N4O. The Hall–Kier alpha value is -1.78. The van der Waals surface area contributed by atoms with E-state index in [1.54, 1.807) is 18.3 Å². The molecule has 0 atom stereocenters. The minimum absolute atomic E-state index is 0.308. The molecule has 0 saturated heterocycles. The van der Waals surface area contributed by atoms with Gasteiger partial charge in [0.25, 0.3) is 0 Å². The van der Waals surface area contributed by atoms with Gasteiger partial charge in [-0.3, -0.25) is 4.79 Å². The van der Waals surface area contributed by atoms with Crippen LogP contribution in [-0.4, -0.2) is 17.4 Å². The number of nitrogens with two attached hydrogens (primary N) is 2. The van der Waals surface area contributed by atoms with Gasteiger partial charge in [0.05, 0.1) is 0 Å². The summed E-state index contributed by atoms with van der Waals surface area (Å²) in [5, 5.41) is 3.00. The molecule has 70 valence electrons. The van der Waals surface area contributed by atoms with Gasteiger partial charge in [-0.2, -0.15) is 0 Å². The maximum absolute atomic E-state index is 10.4. The van der Waals surface area contributed by atoms with Crippen molar-refractivity contribution in [1.29, 1.82) is 0 Å². The Labute approximate surface area is 76.1 Å². The zero-order chi connectivity index (χ0) is 9.68. The molecule has 0 saturated carbocycles. The van der Waals surface area contributed by atoms with E-state index in [0.29, 0.717) is 18.8 Å². The third-order valence-corrected chi connectivity index (χ3v) is 1.48. The zero-order valence-corrected chi connectivity index (χ0v) is 7.16. The summed E-state index contributed by atoms with van der Waals surface area (Å²) in [5.41, 5.74) is 11.3. The van der Waals surface area contributed by atoms with Crippen LogP contribution < -0.4 is 16.8 Å². The second-order valence-corrected chi connectivity index (χ2v) is 2.61. The highest BCUT2D eigenvalue weighted by molar-refractivity contribution is 5.74.